The number of hydrogen-bond acceptors (Lipinski definition) is 5. The van der Waals surface area contributed by atoms with Gasteiger partial charge in [-0.25, -0.2) is 4.68 Å². The number of aryl methyl sites for hydroxylation is 1. The summed E-state index contributed by atoms with van der Waals surface area (Å²) in [6.45, 7) is 1.76. The zero-order valence-corrected chi connectivity index (χ0v) is 18.4. The molecule has 0 spiro atoms. The third kappa shape index (κ3) is 4.35. The lowest BCUT2D eigenvalue weighted by molar-refractivity contribution is -0.118. The van der Waals surface area contributed by atoms with Crippen LogP contribution in [0.5, 0.6) is 0 Å². The molecule has 7 nitrogen and oxygen atoms in total. The fraction of sp³-hybridized carbons (Fsp3) is 0.231. The minimum atomic E-state index is -0.574. The van der Waals surface area contributed by atoms with E-state index in [0.717, 1.165) is 48.2 Å². The van der Waals surface area contributed by atoms with Gasteiger partial charge in [0, 0.05) is 30.3 Å². The molecule has 7 heteroatoms. The highest BCUT2D eigenvalue weighted by Crippen LogP contribution is 2.37. The van der Waals surface area contributed by atoms with Crippen molar-refractivity contribution in [2.24, 2.45) is 0 Å². The molecular weight excluding hydrogens is 414 g/mol. The van der Waals surface area contributed by atoms with Gasteiger partial charge in [-0.05, 0) is 31.1 Å². The summed E-state index contributed by atoms with van der Waals surface area (Å²) in [6, 6.07) is 19.9. The van der Waals surface area contributed by atoms with E-state index in [-0.39, 0.29) is 5.91 Å². The lowest BCUT2D eigenvalue weighted by Gasteiger charge is -2.25. The minimum Gasteiger partial charge on any atom is -0.340 e. The molecule has 1 fully saturated rings. The number of nitrogens with zero attached hydrogens (tertiary/aromatic N) is 4. The van der Waals surface area contributed by atoms with Gasteiger partial charge >= 0.3 is 0 Å². The van der Waals surface area contributed by atoms with Crippen molar-refractivity contribution in [3.8, 4) is 16.9 Å². The summed E-state index contributed by atoms with van der Waals surface area (Å²) in [6.07, 6.45) is 8.94. The number of aromatic nitrogens is 4. The molecule has 2 aromatic carbocycles. The number of nitrogens with one attached hydrogen (secondary N) is 1. The van der Waals surface area contributed by atoms with Crippen LogP contribution in [0.3, 0.4) is 0 Å². The Labute approximate surface area is 192 Å². The van der Waals surface area contributed by atoms with Gasteiger partial charge in [-0.15, -0.1) is 0 Å². The summed E-state index contributed by atoms with van der Waals surface area (Å²) in [4.78, 5) is 17.4. The van der Waals surface area contributed by atoms with Gasteiger partial charge in [-0.3, -0.25) is 4.79 Å². The first-order valence-electron chi connectivity index (χ1n) is 11.1. The highest BCUT2D eigenvalue weighted by atomic mass is 16.5. The van der Waals surface area contributed by atoms with Gasteiger partial charge in [-0.1, -0.05) is 66.5 Å². The Kier molecular flexibility index (Phi) is 5.60. The Morgan fingerprint density at radius 2 is 1.76 bits per heavy atom. The van der Waals surface area contributed by atoms with Crippen molar-refractivity contribution in [1.29, 1.82) is 0 Å². The van der Waals surface area contributed by atoms with E-state index in [1.807, 2.05) is 77.6 Å². The molecule has 0 saturated heterocycles. The fourth-order valence-corrected chi connectivity index (χ4v) is 4.36. The number of benzene rings is 2. The van der Waals surface area contributed by atoms with E-state index in [0.29, 0.717) is 11.7 Å². The van der Waals surface area contributed by atoms with Crippen LogP contribution < -0.4 is 5.32 Å². The van der Waals surface area contributed by atoms with Gasteiger partial charge in [0.05, 0.1) is 11.4 Å². The molecule has 1 aliphatic carbocycles. The first kappa shape index (κ1) is 20.9. The van der Waals surface area contributed by atoms with E-state index >= 15 is 0 Å². The van der Waals surface area contributed by atoms with Crippen LogP contribution in [0.25, 0.3) is 23.0 Å². The molecule has 2 aromatic heterocycles. The third-order valence-electron chi connectivity index (χ3n) is 6.00. The maximum absolute atomic E-state index is 13.0. The van der Waals surface area contributed by atoms with E-state index in [4.69, 9.17) is 9.62 Å². The van der Waals surface area contributed by atoms with Crippen LogP contribution in [0.15, 0.2) is 77.5 Å². The Morgan fingerprint density at radius 1 is 1.06 bits per heavy atom. The molecular formula is C26H25N5O2. The van der Waals surface area contributed by atoms with Crippen molar-refractivity contribution < 1.29 is 9.32 Å². The van der Waals surface area contributed by atoms with Crippen LogP contribution in [0, 0.1) is 6.92 Å². The quantitative estimate of drug-likeness (QED) is 0.435. The second-order valence-corrected chi connectivity index (χ2v) is 8.33. The van der Waals surface area contributed by atoms with Crippen molar-refractivity contribution >= 4 is 12.0 Å². The minimum absolute atomic E-state index is 0.189. The zero-order chi connectivity index (χ0) is 22.7. The van der Waals surface area contributed by atoms with Crippen molar-refractivity contribution in [2.75, 3.05) is 0 Å². The summed E-state index contributed by atoms with van der Waals surface area (Å²) >= 11 is 0. The largest absolute Gasteiger partial charge is 0.340 e. The van der Waals surface area contributed by atoms with Crippen molar-refractivity contribution in [3.05, 3.63) is 90.2 Å². The number of para-hydroxylation sites is 1. The fourth-order valence-electron chi connectivity index (χ4n) is 4.36. The maximum Gasteiger partial charge on any atom is 0.244 e. The third-order valence-corrected chi connectivity index (χ3v) is 6.00. The number of rotatable bonds is 6. The molecule has 1 amide bonds. The molecule has 1 aliphatic rings. The lowest BCUT2D eigenvalue weighted by Crippen LogP contribution is -2.44. The van der Waals surface area contributed by atoms with E-state index < -0.39 is 5.54 Å². The van der Waals surface area contributed by atoms with Gasteiger partial charge in [-0.2, -0.15) is 10.1 Å². The molecule has 0 radical (unpaired) electrons. The van der Waals surface area contributed by atoms with E-state index in [1.165, 1.54) is 0 Å². The number of carbonyl (C=O) groups excluding carboxylic acids is 1. The van der Waals surface area contributed by atoms with Crippen molar-refractivity contribution in [2.45, 2.75) is 38.1 Å². The summed E-state index contributed by atoms with van der Waals surface area (Å²) < 4.78 is 7.01. The van der Waals surface area contributed by atoms with E-state index in [9.17, 15) is 4.79 Å². The predicted octanol–water partition coefficient (Wildman–Crippen LogP) is 4.83. The molecule has 1 saturated carbocycles. The normalized spacial score (nSPS) is 15.2. The maximum atomic E-state index is 13.0. The Bertz CT molecular complexity index is 1270. The Hall–Kier alpha value is -4.00. The van der Waals surface area contributed by atoms with Gasteiger partial charge in [0.25, 0.3) is 0 Å². The molecule has 0 unspecified atom stereocenters. The predicted molar refractivity (Wildman–Crippen MR) is 125 cm³/mol. The first-order valence-corrected chi connectivity index (χ1v) is 11.1. The van der Waals surface area contributed by atoms with E-state index in [2.05, 4.69) is 15.5 Å². The van der Waals surface area contributed by atoms with Gasteiger partial charge < -0.3 is 9.84 Å². The second-order valence-electron chi connectivity index (χ2n) is 8.33. The molecule has 5 rings (SSSR count). The molecule has 0 aliphatic heterocycles. The molecule has 2 heterocycles. The summed E-state index contributed by atoms with van der Waals surface area (Å²) in [5, 5.41) is 12.0. The lowest BCUT2D eigenvalue weighted by atomic mass is 9.96. The van der Waals surface area contributed by atoms with Crippen LogP contribution in [-0.4, -0.2) is 25.8 Å². The number of carbonyl (C=O) groups is 1. The number of amides is 1. The smallest absolute Gasteiger partial charge is 0.244 e. The SMILES string of the molecule is Cc1nc(C2(NC(=O)/C=C/c3cn(-c4ccccc4)nc3-c3ccccc3)CCCC2)no1. The summed E-state index contributed by atoms with van der Waals surface area (Å²) in [5.41, 5.74) is 3.04. The highest BCUT2D eigenvalue weighted by molar-refractivity contribution is 5.93. The summed E-state index contributed by atoms with van der Waals surface area (Å²) in [7, 11) is 0. The van der Waals surface area contributed by atoms with Crippen LogP contribution >= 0.6 is 0 Å². The van der Waals surface area contributed by atoms with Crippen LogP contribution in [0.1, 0.15) is 43.0 Å². The number of hydrogen-bond donors (Lipinski definition) is 1. The van der Waals surface area contributed by atoms with Crippen molar-refractivity contribution in [3.63, 3.8) is 0 Å². The Balaban J connectivity index is 1.43. The molecule has 33 heavy (non-hydrogen) atoms. The van der Waals surface area contributed by atoms with Crippen LogP contribution in [0.4, 0.5) is 0 Å². The molecule has 4 aromatic rings. The molecule has 0 atom stereocenters. The average molecular weight is 440 g/mol. The Morgan fingerprint density at radius 3 is 2.42 bits per heavy atom. The van der Waals surface area contributed by atoms with Crippen molar-refractivity contribution in [1.82, 2.24) is 25.2 Å². The van der Waals surface area contributed by atoms with E-state index in [1.54, 1.807) is 13.0 Å². The molecule has 0 bridgehead atoms. The standard InChI is InChI=1S/C26H25N5O2/c1-19-27-25(30-33-19)26(16-8-9-17-26)28-23(32)15-14-21-18-31(22-12-6-3-7-13-22)29-24(21)20-10-4-2-5-11-20/h2-7,10-15,18H,8-9,16-17H2,1H3,(H,28,32)/b15-14+. The summed E-state index contributed by atoms with van der Waals surface area (Å²) in [5.74, 6) is 0.869. The van der Waals surface area contributed by atoms with Gasteiger partial charge in [0.2, 0.25) is 11.8 Å². The molecule has 166 valence electrons. The highest BCUT2D eigenvalue weighted by Gasteiger charge is 2.40. The van der Waals surface area contributed by atoms with Gasteiger partial charge in [0.15, 0.2) is 5.82 Å². The van der Waals surface area contributed by atoms with Crippen LogP contribution in [0.2, 0.25) is 0 Å². The monoisotopic (exact) mass is 439 g/mol. The molecule has 1 N–H and O–H groups in total. The first-order chi connectivity index (χ1) is 16.1. The van der Waals surface area contributed by atoms with Gasteiger partial charge in [0.1, 0.15) is 5.54 Å². The van der Waals surface area contributed by atoms with Crippen LogP contribution in [-0.2, 0) is 10.3 Å². The topological polar surface area (TPSA) is 85.8 Å². The average Bonchev–Trinajstić information content (AvgIpc) is 3.59. The second kappa shape index (κ2) is 8.86. The zero-order valence-electron chi connectivity index (χ0n) is 18.4.